The van der Waals surface area contributed by atoms with Crippen molar-refractivity contribution in [2.24, 2.45) is 0 Å². The number of carbonyl (C=O) groups is 1. The number of carboxylic acid groups (broad SMARTS) is 1. The number of aromatic carboxylic acids is 1. The summed E-state index contributed by atoms with van der Waals surface area (Å²) in [5.74, 6) is -3.91. The molecule has 0 unspecified atom stereocenters. The van der Waals surface area contributed by atoms with Crippen LogP contribution in [0, 0.1) is 0 Å². The van der Waals surface area contributed by atoms with E-state index in [9.17, 15) is 18.7 Å². The first-order valence-corrected chi connectivity index (χ1v) is 7.96. The Labute approximate surface area is 149 Å². The van der Waals surface area contributed by atoms with Crippen molar-refractivity contribution in [2.75, 3.05) is 0 Å². The van der Waals surface area contributed by atoms with Crippen LogP contribution in [0.25, 0.3) is 11.3 Å². The molecule has 0 aliphatic rings. The van der Waals surface area contributed by atoms with Gasteiger partial charge >= 0.3 is 5.97 Å². The Morgan fingerprint density at radius 2 is 1.85 bits per heavy atom. The van der Waals surface area contributed by atoms with E-state index in [2.05, 4.69) is 10.2 Å². The van der Waals surface area contributed by atoms with Gasteiger partial charge in [0.1, 0.15) is 0 Å². The number of hydrogen-bond donors (Lipinski definition) is 1. The Morgan fingerprint density at radius 3 is 2.42 bits per heavy atom. The Kier molecular flexibility index (Phi) is 4.75. The third-order valence-electron chi connectivity index (χ3n) is 4.06. The van der Waals surface area contributed by atoms with Crippen LogP contribution >= 0.6 is 0 Å². The van der Waals surface area contributed by atoms with Gasteiger partial charge in [-0.25, -0.2) is 13.6 Å². The monoisotopic (exact) mass is 354 g/mol. The van der Waals surface area contributed by atoms with Gasteiger partial charge in [-0.1, -0.05) is 30.3 Å². The molecule has 3 rings (SSSR count). The molecule has 0 atom stereocenters. The molecule has 0 aliphatic carbocycles. The van der Waals surface area contributed by atoms with Crippen LogP contribution in [-0.2, 0) is 12.3 Å². The van der Waals surface area contributed by atoms with E-state index in [1.54, 1.807) is 36.4 Å². The van der Waals surface area contributed by atoms with Gasteiger partial charge in [0, 0.05) is 24.2 Å². The van der Waals surface area contributed by atoms with E-state index in [0.29, 0.717) is 17.7 Å². The molecule has 0 saturated heterocycles. The second-order valence-corrected chi connectivity index (χ2v) is 6.05. The summed E-state index contributed by atoms with van der Waals surface area (Å²) in [6, 6.07) is 14.4. The first-order valence-electron chi connectivity index (χ1n) is 7.96. The van der Waals surface area contributed by atoms with Crippen LogP contribution in [0.2, 0.25) is 0 Å². The highest BCUT2D eigenvalue weighted by molar-refractivity contribution is 5.89. The minimum Gasteiger partial charge on any atom is -0.478 e. The maximum atomic E-state index is 13.3. The zero-order valence-corrected chi connectivity index (χ0v) is 14.0. The van der Waals surface area contributed by atoms with Crippen molar-refractivity contribution in [1.82, 2.24) is 10.2 Å². The molecule has 0 radical (unpaired) electrons. The Bertz CT molecular complexity index is 921. The molecule has 1 N–H and O–H groups in total. The minimum atomic E-state index is -2.88. The maximum Gasteiger partial charge on any atom is 0.335 e. The molecule has 1 heterocycles. The van der Waals surface area contributed by atoms with E-state index in [0.717, 1.165) is 18.1 Å². The van der Waals surface area contributed by atoms with Crippen LogP contribution in [-0.4, -0.2) is 21.3 Å². The van der Waals surface area contributed by atoms with Crippen LogP contribution in [0.15, 0.2) is 60.8 Å². The number of nitrogens with zero attached hydrogens (tertiary/aromatic N) is 2. The molecular weight excluding hydrogens is 338 g/mol. The lowest BCUT2D eigenvalue weighted by atomic mass is 9.95. The van der Waals surface area contributed by atoms with Crippen molar-refractivity contribution < 1.29 is 18.7 Å². The zero-order valence-electron chi connectivity index (χ0n) is 14.0. The van der Waals surface area contributed by atoms with Gasteiger partial charge in [0.25, 0.3) is 5.92 Å². The molecule has 6 heteroatoms. The fourth-order valence-corrected chi connectivity index (χ4v) is 2.68. The molecular formula is C20H16F2N2O2. The smallest absolute Gasteiger partial charge is 0.335 e. The van der Waals surface area contributed by atoms with Gasteiger partial charge in [-0.15, -0.1) is 0 Å². The number of aromatic nitrogens is 2. The standard InChI is InChI=1S/C20H16F2N2O2/c1-20(21,22)16-8-4-13(5-9-16)11-14-6-7-15(19(25)26)12-17(14)18-3-2-10-23-24-18/h2-10,12H,11H2,1H3,(H,25,26). The normalized spacial score (nSPS) is 11.3. The molecule has 132 valence electrons. The summed E-state index contributed by atoms with van der Waals surface area (Å²) in [5.41, 5.74) is 3.00. The summed E-state index contributed by atoms with van der Waals surface area (Å²) in [6.45, 7) is 0.860. The molecule has 4 nitrogen and oxygen atoms in total. The Hall–Kier alpha value is -3.15. The highest BCUT2D eigenvalue weighted by Gasteiger charge is 2.23. The second kappa shape index (κ2) is 7.00. The molecule has 3 aromatic rings. The van der Waals surface area contributed by atoms with Crippen molar-refractivity contribution >= 4 is 5.97 Å². The quantitative estimate of drug-likeness (QED) is 0.730. The summed E-state index contributed by atoms with van der Waals surface area (Å²) in [7, 11) is 0. The van der Waals surface area contributed by atoms with Gasteiger partial charge in [0.2, 0.25) is 0 Å². The molecule has 0 amide bonds. The third kappa shape index (κ3) is 3.91. The van der Waals surface area contributed by atoms with Gasteiger partial charge in [0.15, 0.2) is 0 Å². The second-order valence-electron chi connectivity index (χ2n) is 6.05. The lowest BCUT2D eigenvalue weighted by Gasteiger charge is -2.13. The van der Waals surface area contributed by atoms with E-state index in [1.165, 1.54) is 24.4 Å². The lowest BCUT2D eigenvalue weighted by molar-refractivity contribution is 0.0174. The summed E-state index contributed by atoms with van der Waals surface area (Å²) in [6.07, 6.45) is 2.00. The van der Waals surface area contributed by atoms with Crippen molar-refractivity contribution in [1.29, 1.82) is 0 Å². The molecule has 2 aromatic carbocycles. The summed E-state index contributed by atoms with van der Waals surface area (Å²) in [5, 5.41) is 17.1. The van der Waals surface area contributed by atoms with E-state index >= 15 is 0 Å². The van der Waals surface area contributed by atoms with E-state index < -0.39 is 11.9 Å². The van der Waals surface area contributed by atoms with Crippen LogP contribution in [0.4, 0.5) is 8.78 Å². The first-order chi connectivity index (χ1) is 12.3. The molecule has 0 saturated carbocycles. The average molecular weight is 354 g/mol. The van der Waals surface area contributed by atoms with Gasteiger partial charge in [-0.2, -0.15) is 10.2 Å². The lowest BCUT2D eigenvalue weighted by Crippen LogP contribution is -2.06. The number of alkyl halides is 2. The zero-order chi connectivity index (χ0) is 18.7. The summed E-state index contributed by atoms with van der Waals surface area (Å²) < 4.78 is 26.7. The Morgan fingerprint density at radius 1 is 1.12 bits per heavy atom. The SMILES string of the molecule is CC(F)(F)c1ccc(Cc2ccc(C(=O)O)cc2-c2cccnn2)cc1. The maximum absolute atomic E-state index is 13.3. The van der Waals surface area contributed by atoms with Gasteiger partial charge < -0.3 is 5.11 Å². The Balaban J connectivity index is 1.98. The molecule has 0 fully saturated rings. The predicted molar refractivity (Wildman–Crippen MR) is 93.2 cm³/mol. The van der Waals surface area contributed by atoms with Crippen molar-refractivity contribution in [3.05, 3.63) is 83.0 Å². The van der Waals surface area contributed by atoms with Crippen LogP contribution in [0.5, 0.6) is 0 Å². The van der Waals surface area contributed by atoms with Gasteiger partial charge in [-0.3, -0.25) is 0 Å². The molecule has 0 bridgehead atoms. The van der Waals surface area contributed by atoms with E-state index in [1.807, 2.05) is 0 Å². The van der Waals surface area contributed by atoms with Crippen molar-refractivity contribution in [2.45, 2.75) is 19.3 Å². The molecule has 0 aliphatic heterocycles. The number of carboxylic acids is 1. The topological polar surface area (TPSA) is 63.1 Å². The van der Waals surface area contributed by atoms with Gasteiger partial charge in [-0.05, 0) is 41.8 Å². The van der Waals surface area contributed by atoms with Crippen LogP contribution < -0.4 is 0 Å². The molecule has 0 spiro atoms. The average Bonchev–Trinajstić information content (AvgIpc) is 2.62. The van der Waals surface area contributed by atoms with Crippen LogP contribution in [0.3, 0.4) is 0 Å². The highest BCUT2D eigenvalue weighted by atomic mass is 19.3. The van der Waals surface area contributed by atoms with Gasteiger partial charge in [0.05, 0.1) is 11.3 Å². The summed E-state index contributed by atoms with van der Waals surface area (Å²) in [4.78, 5) is 11.3. The third-order valence-corrected chi connectivity index (χ3v) is 4.06. The van der Waals surface area contributed by atoms with Crippen molar-refractivity contribution in [3.8, 4) is 11.3 Å². The number of benzene rings is 2. The predicted octanol–water partition coefficient (Wildman–Crippen LogP) is 4.54. The summed E-state index contributed by atoms with van der Waals surface area (Å²) >= 11 is 0. The van der Waals surface area contributed by atoms with E-state index in [4.69, 9.17) is 0 Å². The molecule has 1 aromatic heterocycles. The fraction of sp³-hybridized carbons (Fsp3) is 0.150. The first kappa shape index (κ1) is 17.7. The van der Waals surface area contributed by atoms with Crippen molar-refractivity contribution in [3.63, 3.8) is 0 Å². The number of halogens is 2. The van der Waals surface area contributed by atoms with Crippen LogP contribution in [0.1, 0.15) is 34.0 Å². The molecule has 26 heavy (non-hydrogen) atoms. The highest BCUT2D eigenvalue weighted by Crippen LogP contribution is 2.29. The fourth-order valence-electron chi connectivity index (χ4n) is 2.68. The largest absolute Gasteiger partial charge is 0.478 e. The number of hydrogen-bond acceptors (Lipinski definition) is 3. The minimum absolute atomic E-state index is 0.0448. The number of rotatable bonds is 5. The van der Waals surface area contributed by atoms with E-state index in [-0.39, 0.29) is 11.1 Å².